The van der Waals surface area contributed by atoms with Crippen molar-refractivity contribution in [3.63, 3.8) is 0 Å². The Balaban J connectivity index is 2.71. The minimum absolute atomic E-state index is 0.0389. The van der Waals surface area contributed by atoms with E-state index in [4.69, 9.17) is 10.5 Å². The molecule has 0 saturated heterocycles. The molecule has 20 heavy (non-hydrogen) atoms. The molecule has 2 amide bonds. The smallest absolute Gasteiger partial charge is 0.407 e. The molecule has 0 aromatic heterocycles. The summed E-state index contributed by atoms with van der Waals surface area (Å²) in [6.45, 7) is 5.52. The van der Waals surface area contributed by atoms with E-state index < -0.39 is 23.4 Å². The van der Waals surface area contributed by atoms with Crippen LogP contribution in [0.2, 0.25) is 0 Å². The average Bonchev–Trinajstić information content (AvgIpc) is 2.36. The van der Waals surface area contributed by atoms with Crippen molar-refractivity contribution in [1.82, 2.24) is 5.32 Å². The van der Waals surface area contributed by atoms with Crippen molar-refractivity contribution in [2.45, 2.75) is 39.3 Å². The molecule has 0 radical (unpaired) electrons. The quantitative estimate of drug-likeness (QED) is 0.869. The molecular weight excluding hydrogens is 263 g/mol. The summed E-state index contributed by atoms with van der Waals surface area (Å²) in [5.41, 5.74) is 5.07. The summed E-state index contributed by atoms with van der Waals surface area (Å²) in [7, 11) is 0. The number of benzene rings is 1. The molecule has 0 saturated carbocycles. The Bertz CT molecular complexity index is 515. The van der Waals surface area contributed by atoms with Crippen LogP contribution in [-0.2, 0) is 11.3 Å². The lowest BCUT2D eigenvalue weighted by molar-refractivity contribution is 0.0359. The van der Waals surface area contributed by atoms with Crippen molar-refractivity contribution in [2.75, 3.05) is 0 Å². The Morgan fingerprint density at radius 2 is 2.05 bits per heavy atom. The number of hydrogen-bond donors (Lipinski definition) is 2. The summed E-state index contributed by atoms with van der Waals surface area (Å²) >= 11 is 0. The molecule has 0 aliphatic rings. The zero-order valence-electron chi connectivity index (χ0n) is 11.8. The molecular formula is C14H19FN2O3. The SMILES string of the molecule is CCC(C)(C)OC(=O)NCc1ccc(F)cc1C(N)=O. The van der Waals surface area contributed by atoms with E-state index in [2.05, 4.69) is 5.32 Å². The van der Waals surface area contributed by atoms with E-state index in [0.717, 1.165) is 6.07 Å². The van der Waals surface area contributed by atoms with Gasteiger partial charge in [0.05, 0.1) is 0 Å². The number of alkyl carbamates (subject to hydrolysis) is 1. The molecule has 0 unspecified atom stereocenters. The summed E-state index contributed by atoms with van der Waals surface area (Å²) in [4.78, 5) is 22.8. The lowest BCUT2D eigenvalue weighted by Gasteiger charge is -2.23. The minimum Gasteiger partial charge on any atom is -0.444 e. The Morgan fingerprint density at radius 1 is 1.40 bits per heavy atom. The Labute approximate surface area is 117 Å². The van der Waals surface area contributed by atoms with Gasteiger partial charge in [-0.05, 0) is 38.0 Å². The summed E-state index contributed by atoms with van der Waals surface area (Å²) in [6, 6.07) is 3.64. The molecule has 110 valence electrons. The number of ether oxygens (including phenoxy) is 1. The lowest BCUT2D eigenvalue weighted by atomic mass is 10.1. The van der Waals surface area contributed by atoms with Crippen molar-refractivity contribution in [3.05, 3.63) is 35.1 Å². The highest BCUT2D eigenvalue weighted by molar-refractivity contribution is 5.94. The van der Waals surface area contributed by atoms with Crippen LogP contribution in [-0.4, -0.2) is 17.6 Å². The van der Waals surface area contributed by atoms with Gasteiger partial charge in [-0.25, -0.2) is 9.18 Å². The van der Waals surface area contributed by atoms with Crippen LogP contribution in [0.1, 0.15) is 43.1 Å². The molecule has 1 aromatic carbocycles. The van der Waals surface area contributed by atoms with E-state index in [-0.39, 0.29) is 12.1 Å². The molecule has 3 N–H and O–H groups in total. The maximum absolute atomic E-state index is 13.1. The van der Waals surface area contributed by atoms with Crippen LogP contribution in [0.4, 0.5) is 9.18 Å². The third-order valence-electron chi connectivity index (χ3n) is 2.98. The lowest BCUT2D eigenvalue weighted by Crippen LogP contribution is -2.34. The van der Waals surface area contributed by atoms with Crippen LogP contribution >= 0.6 is 0 Å². The molecule has 0 bridgehead atoms. The highest BCUT2D eigenvalue weighted by atomic mass is 19.1. The molecule has 0 heterocycles. The van der Waals surface area contributed by atoms with E-state index in [1.807, 2.05) is 6.92 Å². The van der Waals surface area contributed by atoms with Crippen LogP contribution in [0.25, 0.3) is 0 Å². The maximum Gasteiger partial charge on any atom is 0.407 e. The first-order chi connectivity index (χ1) is 9.25. The third kappa shape index (κ3) is 4.53. The first kappa shape index (κ1) is 15.9. The summed E-state index contributed by atoms with van der Waals surface area (Å²) in [5.74, 6) is -1.30. The van der Waals surface area contributed by atoms with Crippen molar-refractivity contribution in [3.8, 4) is 0 Å². The van der Waals surface area contributed by atoms with Gasteiger partial charge in [-0.3, -0.25) is 4.79 Å². The summed E-state index contributed by atoms with van der Waals surface area (Å²) < 4.78 is 18.2. The number of carbonyl (C=O) groups excluding carboxylic acids is 2. The molecule has 1 rings (SSSR count). The van der Waals surface area contributed by atoms with Gasteiger partial charge in [0.15, 0.2) is 0 Å². The number of rotatable bonds is 5. The zero-order chi connectivity index (χ0) is 15.3. The van der Waals surface area contributed by atoms with Gasteiger partial charge in [-0.2, -0.15) is 0 Å². The van der Waals surface area contributed by atoms with E-state index in [0.29, 0.717) is 12.0 Å². The van der Waals surface area contributed by atoms with Gasteiger partial charge in [-0.1, -0.05) is 13.0 Å². The molecule has 0 aliphatic carbocycles. The van der Waals surface area contributed by atoms with Crippen molar-refractivity contribution >= 4 is 12.0 Å². The van der Waals surface area contributed by atoms with E-state index in [9.17, 15) is 14.0 Å². The zero-order valence-corrected chi connectivity index (χ0v) is 11.8. The molecule has 5 nitrogen and oxygen atoms in total. The fourth-order valence-electron chi connectivity index (χ4n) is 1.46. The monoisotopic (exact) mass is 282 g/mol. The average molecular weight is 282 g/mol. The molecule has 0 atom stereocenters. The van der Waals surface area contributed by atoms with Crippen molar-refractivity contribution in [1.29, 1.82) is 0 Å². The molecule has 0 spiro atoms. The van der Waals surface area contributed by atoms with Crippen molar-refractivity contribution < 1.29 is 18.7 Å². The Morgan fingerprint density at radius 3 is 2.60 bits per heavy atom. The van der Waals surface area contributed by atoms with Crippen LogP contribution in [0.3, 0.4) is 0 Å². The number of carbonyl (C=O) groups is 2. The standard InChI is InChI=1S/C14H19FN2O3/c1-4-14(2,3)20-13(19)17-8-9-5-6-10(15)7-11(9)12(16)18/h5-7H,4,8H2,1-3H3,(H2,16,18)(H,17,19). The largest absolute Gasteiger partial charge is 0.444 e. The molecule has 1 aromatic rings. The summed E-state index contributed by atoms with van der Waals surface area (Å²) in [5, 5.41) is 2.51. The van der Waals surface area contributed by atoms with Crippen LogP contribution in [0.5, 0.6) is 0 Å². The maximum atomic E-state index is 13.1. The highest BCUT2D eigenvalue weighted by Gasteiger charge is 2.20. The molecule has 0 aliphatic heterocycles. The van der Waals surface area contributed by atoms with Crippen LogP contribution in [0, 0.1) is 5.82 Å². The second-order valence-corrected chi connectivity index (χ2v) is 5.02. The van der Waals surface area contributed by atoms with Crippen LogP contribution in [0.15, 0.2) is 18.2 Å². The Hall–Kier alpha value is -2.11. The second kappa shape index (κ2) is 6.36. The van der Waals surface area contributed by atoms with Gasteiger partial charge in [-0.15, -0.1) is 0 Å². The normalized spacial score (nSPS) is 11.0. The highest BCUT2D eigenvalue weighted by Crippen LogP contribution is 2.14. The fourth-order valence-corrected chi connectivity index (χ4v) is 1.46. The van der Waals surface area contributed by atoms with Gasteiger partial charge in [0.1, 0.15) is 11.4 Å². The van der Waals surface area contributed by atoms with Gasteiger partial charge in [0.2, 0.25) is 5.91 Å². The number of amides is 2. The van der Waals surface area contributed by atoms with E-state index in [1.165, 1.54) is 12.1 Å². The number of hydrogen-bond acceptors (Lipinski definition) is 3. The van der Waals surface area contributed by atoms with Gasteiger partial charge in [0, 0.05) is 12.1 Å². The van der Waals surface area contributed by atoms with Gasteiger partial charge < -0.3 is 15.8 Å². The number of nitrogens with one attached hydrogen (secondary N) is 1. The first-order valence-electron chi connectivity index (χ1n) is 6.30. The Kier molecular flexibility index (Phi) is 5.07. The van der Waals surface area contributed by atoms with Gasteiger partial charge in [0.25, 0.3) is 0 Å². The number of nitrogens with two attached hydrogens (primary N) is 1. The second-order valence-electron chi connectivity index (χ2n) is 5.02. The number of primary amides is 1. The van der Waals surface area contributed by atoms with E-state index in [1.54, 1.807) is 13.8 Å². The first-order valence-corrected chi connectivity index (χ1v) is 6.30. The fraction of sp³-hybridized carbons (Fsp3) is 0.429. The topological polar surface area (TPSA) is 81.4 Å². The van der Waals surface area contributed by atoms with Crippen molar-refractivity contribution in [2.24, 2.45) is 5.73 Å². The van der Waals surface area contributed by atoms with Gasteiger partial charge >= 0.3 is 6.09 Å². The minimum atomic E-state index is -0.747. The van der Waals surface area contributed by atoms with E-state index >= 15 is 0 Å². The molecule has 6 heteroatoms. The predicted octanol–water partition coefficient (Wildman–Crippen LogP) is 2.34. The number of halogens is 1. The predicted molar refractivity (Wildman–Crippen MR) is 72.6 cm³/mol. The van der Waals surface area contributed by atoms with Crippen LogP contribution < -0.4 is 11.1 Å². The third-order valence-corrected chi connectivity index (χ3v) is 2.98. The summed E-state index contributed by atoms with van der Waals surface area (Å²) in [6.07, 6.45) is 0.0698. The molecule has 0 fully saturated rings.